The monoisotopic (exact) mass is 2130 g/mol. The van der Waals surface area contributed by atoms with Crippen molar-refractivity contribution in [2.24, 2.45) is 50.7 Å². The summed E-state index contributed by atoms with van der Waals surface area (Å²) in [5.41, 5.74) is 2.60. The van der Waals surface area contributed by atoms with Gasteiger partial charge in [0.1, 0.15) is 49.9 Å². The molecule has 4 bridgehead atoms. The van der Waals surface area contributed by atoms with Crippen molar-refractivity contribution in [3.63, 3.8) is 0 Å². The first kappa shape index (κ1) is 127. The molecule has 4 unspecified atom stereocenters. The minimum atomic E-state index is -6.08. The first-order valence-electron chi connectivity index (χ1n) is 53.0. The molecule has 14 rings (SSSR count). The molecular formula is C118H166F7O20S3-. The summed E-state index contributed by atoms with van der Waals surface area (Å²) in [7, 11) is -11.8. The van der Waals surface area contributed by atoms with Crippen LogP contribution in [0.4, 0.5) is 30.7 Å². The molecule has 0 amide bonds. The Labute approximate surface area is 879 Å². The summed E-state index contributed by atoms with van der Waals surface area (Å²) in [6.45, 7) is 44.6. The molecule has 826 valence electrons. The third-order valence-electron chi connectivity index (χ3n) is 31.6. The number of hydrogen-bond acceptors (Lipinski definition) is 20. The number of phenolic OH excluding ortho intramolecular Hbond substituents is 2. The number of halogens is 7. The van der Waals surface area contributed by atoms with E-state index in [2.05, 4.69) is 147 Å². The van der Waals surface area contributed by atoms with Gasteiger partial charge < -0.3 is 52.8 Å². The molecule has 0 aliphatic heterocycles. The van der Waals surface area contributed by atoms with Crippen LogP contribution >= 0.6 is 10.5 Å². The Morgan fingerprint density at radius 3 is 1.26 bits per heavy atom. The van der Waals surface area contributed by atoms with Crippen LogP contribution in [0.15, 0.2) is 150 Å². The van der Waals surface area contributed by atoms with Crippen molar-refractivity contribution in [1.82, 2.24) is 0 Å². The molecule has 0 saturated heterocycles. The Morgan fingerprint density at radius 2 is 0.878 bits per heavy atom. The predicted molar refractivity (Wildman–Crippen MR) is 570 cm³/mol. The van der Waals surface area contributed by atoms with E-state index < -0.39 is 114 Å². The highest BCUT2D eigenvalue weighted by Crippen LogP contribution is 2.65. The number of thiophene rings is 1. The average molecular weight is 2130 g/mol. The largest absolute Gasteiger partial charge is 0.744 e. The number of carbonyl (C=O) groups is 5. The summed E-state index contributed by atoms with van der Waals surface area (Å²) in [6.07, 6.45) is 23.6. The zero-order chi connectivity index (χ0) is 111. The number of benzene rings is 7. The number of esters is 5. The molecule has 3 N–H and O–H groups in total. The lowest BCUT2D eigenvalue weighted by atomic mass is 9.46. The summed E-state index contributed by atoms with van der Waals surface area (Å²) in [6, 6.07) is 47.8. The summed E-state index contributed by atoms with van der Waals surface area (Å²) >= 11 is 0. The van der Waals surface area contributed by atoms with Crippen LogP contribution in [0.1, 0.15) is 372 Å². The molecule has 6 fully saturated rings. The van der Waals surface area contributed by atoms with E-state index >= 15 is 0 Å². The number of aliphatic hydroxyl groups excluding tert-OH is 1. The third kappa shape index (κ3) is 34.7. The Balaban J connectivity index is 0.000000262. The minimum absolute atomic E-state index is 0.00857. The second-order valence-electron chi connectivity index (χ2n) is 43.7. The quantitative estimate of drug-likeness (QED) is 0.00820. The zero-order valence-corrected chi connectivity index (χ0v) is 94.0. The highest BCUT2D eigenvalue weighted by atomic mass is 32.2. The molecule has 6 aliphatic rings. The van der Waals surface area contributed by atoms with Crippen molar-refractivity contribution < 1.29 is 124 Å². The number of aliphatic hydroxyl groups is 1. The maximum Gasteiger partial charge on any atom is 0.364 e. The lowest BCUT2D eigenvalue weighted by molar-refractivity contribution is -0.206. The van der Waals surface area contributed by atoms with Gasteiger partial charge >= 0.3 is 35.1 Å². The van der Waals surface area contributed by atoms with E-state index in [1.807, 2.05) is 93.5 Å². The van der Waals surface area contributed by atoms with Gasteiger partial charge in [0, 0.05) is 39.7 Å². The van der Waals surface area contributed by atoms with Crippen LogP contribution in [-0.4, -0.2) is 119 Å². The first-order chi connectivity index (χ1) is 69.2. The molecule has 20 nitrogen and oxygen atoms in total. The fourth-order valence-corrected chi connectivity index (χ4v) is 22.6. The molecule has 148 heavy (non-hydrogen) atoms. The van der Waals surface area contributed by atoms with Crippen LogP contribution < -0.4 is 4.74 Å². The Bertz CT molecular complexity index is 5600. The molecule has 1 heterocycles. The molecule has 30 heteroatoms. The SMILES string of the molecule is CCC(C)(C)C(=O)OC(C)(C)C12CC3CC(CC(C3)C1)C2.CCC(C)(C)C(=O)OCC(=O)OC(CC)(CC)C1CCCCC1.CCC(C)(C)C(=O)OCCC(F)C(F)(F)S(=O)(=O)[O-].CCC(C)c1ccc(COc2c(F)c(F)c(S(=O)(=O)[O-])c(F)c2F)cc1.CCC(C)c1ccc(O)cc1.CCC(C)c1ccc(O)cc1.CCC1(OC(=O)C(C)(C)CC)CCCC1.OCCc1ccc(-[s+]2c3ccccc3c3ccccc32)cc1. The van der Waals surface area contributed by atoms with Gasteiger partial charge in [-0.1, -0.05) is 194 Å². The van der Waals surface area contributed by atoms with Crippen molar-refractivity contribution >= 4 is 80.7 Å². The molecular weight excluding hydrogens is 1970 g/mol. The van der Waals surface area contributed by atoms with Gasteiger partial charge in [-0.15, -0.1) is 0 Å². The van der Waals surface area contributed by atoms with Crippen LogP contribution in [0, 0.1) is 74.0 Å². The number of rotatable bonds is 36. The van der Waals surface area contributed by atoms with Gasteiger partial charge in [0.05, 0.1) is 28.3 Å². The van der Waals surface area contributed by atoms with Crippen molar-refractivity contribution in [2.45, 2.75) is 390 Å². The van der Waals surface area contributed by atoms with Crippen LogP contribution in [0.2, 0.25) is 0 Å². The van der Waals surface area contributed by atoms with Gasteiger partial charge in [0.2, 0.25) is 11.6 Å². The fraction of sp³-hybridized carbons (Fsp3) is 0.602. The molecule has 6 aliphatic carbocycles. The minimum Gasteiger partial charge on any atom is -0.744 e. The zero-order valence-electron chi connectivity index (χ0n) is 91.5. The Morgan fingerprint density at radius 1 is 0.486 bits per heavy atom. The fourth-order valence-electron chi connectivity index (χ4n) is 19.2. The van der Waals surface area contributed by atoms with Gasteiger partial charge in [0.25, 0.3) is 0 Å². The molecule has 0 radical (unpaired) electrons. The number of hydrogen-bond donors (Lipinski definition) is 3. The highest BCUT2D eigenvalue weighted by molar-refractivity contribution is 7.86. The smallest absolute Gasteiger partial charge is 0.364 e. The number of carbonyl (C=O) groups excluding carboxylic acids is 5. The van der Waals surface area contributed by atoms with E-state index in [1.165, 1.54) is 112 Å². The average Bonchev–Trinajstić information content (AvgIpc) is 0.956. The van der Waals surface area contributed by atoms with Crippen LogP contribution in [0.25, 0.3) is 25.1 Å². The molecule has 4 atom stereocenters. The normalized spacial score (nSPS) is 18.0. The van der Waals surface area contributed by atoms with E-state index in [9.17, 15) is 80.6 Å². The summed E-state index contributed by atoms with van der Waals surface area (Å²) in [5.74, 6) is -6.44. The van der Waals surface area contributed by atoms with Crippen molar-refractivity contribution in [2.75, 3.05) is 19.8 Å². The molecule has 8 aromatic rings. The van der Waals surface area contributed by atoms with Crippen molar-refractivity contribution in [3.05, 3.63) is 197 Å². The summed E-state index contributed by atoms with van der Waals surface area (Å²) < 4.78 is 191. The molecule has 7 aromatic carbocycles. The van der Waals surface area contributed by atoms with Gasteiger partial charge in [-0.05, 0) is 347 Å². The predicted octanol–water partition coefficient (Wildman–Crippen LogP) is 30.4. The van der Waals surface area contributed by atoms with E-state index in [0.29, 0.717) is 53.6 Å². The summed E-state index contributed by atoms with van der Waals surface area (Å²) in [5, 5.41) is 24.8. The lowest BCUT2D eigenvalue weighted by Gasteiger charge is -2.61. The van der Waals surface area contributed by atoms with Gasteiger partial charge in [0.15, 0.2) is 54.6 Å². The number of ether oxygens (including phenoxy) is 6. The standard InChI is InChI=1S/C20H17OS.C19H34O4.C19H32O2.C17H16F4O4S.C13H24O2.C10H17F3O5S.2C10H14O/c21-14-13-15-9-11-16(12-10-15)22-19-7-3-1-5-17(19)18-6-2-4-8-20(18)22;1-6-18(4,5)17(21)22-14-16(20)23-19(7-2,8-3)15-12-10-9-11-13-15;1-6-17(2,3)16(20)21-18(4,5)19-10-13-7-14(11-19)9-15(8-13)12-19;1-3-9(2)11-6-4-10(5-7-11)8-25-16-12(18)14(20)17(26(22,23)24)15(21)13(16)19;1-5-12(3,4)11(14)15-13(6-2)9-7-8-10-13;1-4-9(2,3)8(14)18-6-5-7(11)10(12,13)19(15,16)17;2*1-3-8(2)9-4-6-10(11)7-5-9/h1-12,21H,13-14H2;15H,6-14H2,1-5H3;13-15H,6-12H2,1-5H3;4-7,9H,3,8H2,1-2H3,(H,22,23,24);5-10H2,1-4H3;7H,4-6H2,1-3H3,(H,15,16,17);2*4-8,11H,3H2,1-2H3/q+1;;;;;;;/p-2. The lowest BCUT2D eigenvalue weighted by Crippen LogP contribution is -2.58. The second kappa shape index (κ2) is 56.4. The number of aromatic hydroxyl groups is 2. The number of fused-ring (bicyclic) bond motifs is 3. The van der Waals surface area contributed by atoms with Crippen LogP contribution in [-0.2, 0) is 80.9 Å². The third-order valence-corrected chi connectivity index (χ3v) is 35.7. The van der Waals surface area contributed by atoms with Crippen molar-refractivity contribution in [1.29, 1.82) is 0 Å². The van der Waals surface area contributed by atoms with E-state index in [1.54, 1.807) is 69.3 Å². The van der Waals surface area contributed by atoms with Gasteiger partial charge in [-0.25, -0.2) is 34.8 Å². The van der Waals surface area contributed by atoms with E-state index in [4.69, 9.17) is 39.0 Å². The molecule has 1 aromatic heterocycles. The second-order valence-corrected chi connectivity index (χ2v) is 48.4. The molecule has 6 saturated carbocycles. The maximum absolute atomic E-state index is 13.8. The number of alkyl halides is 3. The first-order valence-corrected chi connectivity index (χ1v) is 57.0. The topological polar surface area (TPSA) is 316 Å². The van der Waals surface area contributed by atoms with Gasteiger partial charge in [-0.3, -0.25) is 19.2 Å². The maximum atomic E-state index is 13.8. The van der Waals surface area contributed by atoms with E-state index in [-0.39, 0.29) is 69.0 Å². The van der Waals surface area contributed by atoms with E-state index in [0.717, 1.165) is 107 Å². The Kier molecular flexibility index (Phi) is 48.6. The van der Waals surface area contributed by atoms with Gasteiger partial charge in [-0.2, -0.15) is 17.6 Å². The van der Waals surface area contributed by atoms with Crippen molar-refractivity contribution in [3.8, 4) is 22.1 Å². The van der Waals surface area contributed by atoms with Crippen LogP contribution in [0.5, 0.6) is 17.2 Å². The van der Waals surface area contributed by atoms with Crippen LogP contribution in [0.3, 0.4) is 0 Å². The number of phenols is 2. The Hall–Kier alpha value is -9.20. The highest BCUT2D eigenvalue weighted by Gasteiger charge is 2.59. The molecule has 0 spiro atoms. The summed E-state index contributed by atoms with van der Waals surface area (Å²) in [4.78, 5) is 59.3.